The number of fused-ring (bicyclic) bond motifs is 1. The van der Waals surface area contributed by atoms with Crippen LogP contribution in [0.2, 0.25) is 0 Å². The normalized spacial score (nSPS) is 10.4. The summed E-state index contributed by atoms with van der Waals surface area (Å²) in [5.41, 5.74) is 7.75. The lowest BCUT2D eigenvalue weighted by molar-refractivity contribution is 1.35. The monoisotopic (exact) mass is 202 g/mol. The van der Waals surface area contributed by atoms with E-state index in [0.717, 1.165) is 16.3 Å². The van der Waals surface area contributed by atoms with Crippen molar-refractivity contribution in [1.82, 2.24) is 4.98 Å². The van der Waals surface area contributed by atoms with Gasteiger partial charge in [0, 0.05) is 23.3 Å². The SMILES string of the molecule is Cc1ccc(C(N)=S)c2ccncc12. The Morgan fingerprint density at radius 2 is 2.07 bits per heavy atom. The van der Waals surface area contributed by atoms with Crippen LogP contribution in [0.4, 0.5) is 0 Å². The summed E-state index contributed by atoms with van der Waals surface area (Å²) in [5, 5.41) is 2.19. The maximum absolute atomic E-state index is 5.64. The first kappa shape index (κ1) is 9.09. The first-order valence-electron chi connectivity index (χ1n) is 4.33. The number of benzene rings is 1. The molecule has 1 heterocycles. The highest BCUT2D eigenvalue weighted by Gasteiger charge is 2.04. The first-order chi connectivity index (χ1) is 6.70. The quantitative estimate of drug-likeness (QED) is 0.720. The van der Waals surface area contributed by atoms with Crippen molar-refractivity contribution in [1.29, 1.82) is 0 Å². The maximum Gasteiger partial charge on any atom is 0.104 e. The minimum atomic E-state index is 0.432. The fourth-order valence-corrected chi connectivity index (χ4v) is 1.72. The van der Waals surface area contributed by atoms with Crippen molar-refractivity contribution in [3.8, 4) is 0 Å². The number of pyridine rings is 1. The summed E-state index contributed by atoms with van der Waals surface area (Å²) in [5.74, 6) is 0. The zero-order chi connectivity index (χ0) is 10.1. The van der Waals surface area contributed by atoms with Crippen LogP contribution < -0.4 is 5.73 Å². The average Bonchev–Trinajstić information content (AvgIpc) is 2.18. The number of hydrogen-bond acceptors (Lipinski definition) is 2. The van der Waals surface area contributed by atoms with Gasteiger partial charge in [0.1, 0.15) is 4.99 Å². The van der Waals surface area contributed by atoms with E-state index in [1.54, 1.807) is 6.20 Å². The van der Waals surface area contributed by atoms with E-state index in [1.165, 1.54) is 5.56 Å². The third kappa shape index (κ3) is 1.36. The highest BCUT2D eigenvalue weighted by molar-refractivity contribution is 7.80. The second kappa shape index (κ2) is 3.35. The summed E-state index contributed by atoms with van der Waals surface area (Å²) in [6.45, 7) is 2.05. The highest BCUT2D eigenvalue weighted by atomic mass is 32.1. The Balaban J connectivity index is 2.88. The van der Waals surface area contributed by atoms with Crippen LogP contribution in [0.15, 0.2) is 30.6 Å². The number of nitrogens with zero attached hydrogens (tertiary/aromatic N) is 1. The Morgan fingerprint density at radius 3 is 2.79 bits per heavy atom. The first-order valence-corrected chi connectivity index (χ1v) is 4.74. The molecule has 2 nitrogen and oxygen atoms in total. The molecular weight excluding hydrogens is 192 g/mol. The molecule has 1 aromatic carbocycles. The summed E-state index contributed by atoms with van der Waals surface area (Å²) in [6, 6.07) is 5.91. The van der Waals surface area contributed by atoms with Crippen LogP contribution in [0, 0.1) is 6.92 Å². The fraction of sp³-hybridized carbons (Fsp3) is 0.0909. The largest absolute Gasteiger partial charge is 0.389 e. The molecule has 0 atom stereocenters. The van der Waals surface area contributed by atoms with Gasteiger partial charge in [0.25, 0.3) is 0 Å². The minimum absolute atomic E-state index is 0.432. The number of nitrogens with two attached hydrogens (primary N) is 1. The Kier molecular flexibility index (Phi) is 2.17. The Morgan fingerprint density at radius 1 is 1.29 bits per heavy atom. The molecule has 0 spiro atoms. The van der Waals surface area contributed by atoms with Gasteiger partial charge >= 0.3 is 0 Å². The van der Waals surface area contributed by atoms with Crippen molar-refractivity contribution in [2.75, 3.05) is 0 Å². The smallest absolute Gasteiger partial charge is 0.104 e. The van der Waals surface area contributed by atoms with Gasteiger partial charge in [0.2, 0.25) is 0 Å². The summed E-state index contributed by atoms with van der Waals surface area (Å²) >= 11 is 4.99. The molecule has 0 aliphatic heterocycles. The lowest BCUT2D eigenvalue weighted by Gasteiger charge is -2.06. The topological polar surface area (TPSA) is 38.9 Å². The number of aryl methyl sites for hydroxylation is 1. The molecule has 0 unspecified atom stereocenters. The van der Waals surface area contributed by atoms with Gasteiger partial charge in [-0.1, -0.05) is 24.4 Å². The Labute approximate surface area is 87.8 Å². The molecule has 14 heavy (non-hydrogen) atoms. The zero-order valence-electron chi connectivity index (χ0n) is 7.82. The Hall–Kier alpha value is -1.48. The van der Waals surface area contributed by atoms with Crippen LogP contribution >= 0.6 is 12.2 Å². The van der Waals surface area contributed by atoms with Gasteiger partial charge in [-0.2, -0.15) is 0 Å². The standard InChI is InChI=1S/C11H10N2S/c1-7-2-3-9(11(12)14)8-4-5-13-6-10(7)8/h2-6H,1H3,(H2,12,14). The molecule has 0 radical (unpaired) electrons. The molecule has 0 fully saturated rings. The van der Waals surface area contributed by atoms with Gasteiger partial charge in [-0.25, -0.2) is 0 Å². The lowest BCUT2D eigenvalue weighted by Crippen LogP contribution is -2.10. The summed E-state index contributed by atoms with van der Waals surface area (Å²) < 4.78 is 0. The van der Waals surface area contributed by atoms with Gasteiger partial charge in [0.05, 0.1) is 0 Å². The third-order valence-electron chi connectivity index (χ3n) is 2.30. The van der Waals surface area contributed by atoms with Crippen molar-refractivity contribution >= 4 is 28.0 Å². The van der Waals surface area contributed by atoms with Gasteiger partial charge in [-0.15, -0.1) is 0 Å². The van der Waals surface area contributed by atoms with Crippen LogP contribution in [-0.4, -0.2) is 9.97 Å². The van der Waals surface area contributed by atoms with Crippen molar-refractivity contribution in [3.63, 3.8) is 0 Å². The number of aromatic nitrogens is 1. The zero-order valence-corrected chi connectivity index (χ0v) is 8.64. The highest BCUT2D eigenvalue weighted by Crippen LogP contribution is 2.21. The van der Waals surface area contributed by atoms with E-state index in [4.69, 9.17) is 18.0 Å². The molecule has 2 aromatic rings. The van der Waals surface area contributed by atoms with Gasteiger partial charge in [0.15, 0.2) is 0 Å². The van der Waals surface area contributed by atoms with E-state index in [9.17, 15) is 0 Å². The van der Waals surface area contributed by atoms with Gasteiger partial charge in [-0.3, -0.25) is 4.98 Å². The predicted octanol–water partition coefficient (Wildman–Crippen LogP) is 2.18. The van der Waals surface area contributed by atoms with Crippen molar-refractivity contribution < 1.29 is 0 Å². The van der Waals surface area contributed by atoms with Crippen LogP contribution in [0.5, 0.6) is 0 Å². The van der Waals surface area contributed by atoms with Crippen LogP contribution in [0.3, 0.4) is 0 Å². The molecule has 70 valence electrons. The second-order valence-corrected chi connectivity index (χ2v) is 3.66. The molecule has 1 aromatic heterocycles. The summed E-state index contributed by atoms with van der Waals surface area (Å²) in [4.78, 5) is 4.52. The third-order valence-corrected chi connectivity index (χ3v) is 2.52. The second-order valence-electron chi connectivity index (χ2n) is 3.22. The molecule has 0 saturated heterocycles. The van der Waals surface area contributed by atoms with Crippen LogP contribution in [0.25, 0.3) is 10.8 Å². The molecule has 0 aliphatic rings. The molecular formula is C11H10N2S. The van der Waals surface area contributed by atoms with Crippen LogP contribution in [0.1, 0.15) is 11.1 Å². The Bertz CT molecular complexity index is 506. The molecule has 0 bridgehead atoms. The van der Waals surface area contributed by atoms with Crippen molar-refractivity contribution in [2.45, 2.75) is 6.92 Å². The van der Waals surface area contributed by atoms with Gasteiger partial charge in [-0.05, 0) is 23.9 Å². The molecule has 2 N–H and O–H groups in total. The molecule has 0 amide bonds. The number of rotatable bonds is 1. The van der Waals surface area contributed by atoms with E-state index >= 15 is 0 Å². The van der Waals surface area contributed by atoms with Gasteiger partial charge < -0.3 is 5.73 Å². The average molecular weight is 202 g/mol. The predicted molar refractivity (Wildman–Crippen MR) is 62.4 cm³/mol. The number of thiocarbonyl (C=S) groups is 1. The van der Waals surface area contributed by atoms with E-state index < -0.39 is 0 Å². The lowest BCUT2D eigenvalue weighted by atomic mass is 10.0. The van der Waals surface area contributed by atoms with E-state index in [-0.39, 0.29) is 0 Å². The minimum Gasteiger partial charge on any atom is -0.389 e. The molecule has 0 saturated carbocycles. The van der Waals surface area contributed by atoms with Crippen LogP contribution in [-0.2, 0) is 0 Å². The molecule has 3 heteroatoms. The number of hydrogen-bond donors (Lipinski definition) is 1. The van der Waals surface area contributed by atoms with E-state index in [1.807, 2.05) is 31.3 Å². The maximum atomic E-state index is 5.64. The summed E-state index contributed by atoms with van der Waals surface area (Å²) in [6.07, 6.45) is 3.59. The van der Waals surface area contributed by atoms with E-state index in [2.05, 4.69) is 4.98 Å². The molecule has 0 aliphatic carbocycles. The fourth-order valence-electron chi connectivity index (χ4n) is 1.55. The summed E-state index contributed by atoms with van der Waals surface area (Å²) in [7, 11) is 0. The van der Waals surface area contributed by atoms with Crippen molar-refractivity contribution in [2.24, 2.45) is 5.73 Å². The van der Waals surface area contributed by atoms with Crippen molar-refractivity contribution in [3.05, 3.63) is 41.7 Å². The molecule has 2 rings (SSSR count). The van der Waals surface area contributed by atoms with E-state index in [0.29, 0.717) is 4.99 Å².